The van der Waals surface area contributed by atoms with Gasteiger partial charge in [0.15, 0.2) is 17.3 Å². The van der Waals surface area contributed by atoms with Crippen molar-refractivity contribution >= 4 is 27.7 Å². The van der Waals surface area contributed by atoms with Crippen molar-refractivity contribution < 1.29 is 23.7 Å². The van der Waals surface area contributed by atoms with Gasteiger partial charge in [0.2, 0.25) is 5.95 Å². The number of aromatic nitrogens is 3. The predicted molar refractivity (Wildman–Crippen MR) is 111 cm³/mol. The molecule has 0 saturated carbocycles. The van der Waals surface area contributed by atoms with Crippen LogP contribution >= 0.6 is 15.9 Å². The van der Waals surface area contributed by atoms with Gasteiger partial charge in [-0.2, -0.15) is 15.0 Å². The van der Waals surface area contributed by atoms with Crippen LogP contribution in [0, 0.1) is 6.92 Å². The fourth-order valence-electron chi connectivity index (χ4n) is 2.46. The first-order valence-corrected chi connectivity index (χ1v) is 9.70. The minimum Gasteiger partial charge on any atom is -0.493 e. The molecular formula is C19H25BrN4O5. The molecule has 2 aromatic rings. The molecule has 0 aliphatic carbocycles. The zero-order chi connectivity index (χ0) is 21.4. The first kappa shape index (κ1) is 23.0. The van der Waals surface area contributed by atoms with Crippen LogP contribution in [0.15, 0.2) is 16.6 Å². The fraction of sp³-hybridized carbons (Fsp3) is 0.474. The molecule has 2 rings (SSSR count). The Kier molecular flexibility index (Phi) is 8.74. The highest BCUT2D eigenvalue weighted by atomic mass is 79.9. The van der Waals surface area contributed by atoms with Crippen molar-refractivity contribution in [1.82, 2.24) is 15.0 Å². The normalized spacial score (nSPS) is 10.7. The summed E-state index contributed by atoms with van der Waals surface area (Å²) < 4.78 is 22.2. The van der Waals surface area contributed by atoms with E-state index in [1.165, 1.54) is 14.0 Å². The smallest absolute Gasteiger partial charge is 0.327 e. The molecule has 9 nitrogen and oxygen atoms in total. The van der Waals surface area contributed by atoms with E-state index in [2.05, 4.69) is 30.9 Å². The van der Waals surface area contributed by atoms with Crippen LogP contribution in [-0.4, -0.2) is 68.4 Å². The van der Waals surface area contributed by atoms with Gasteiger partial charge in [-0.1, -0.05) is 0 Å². The minimum absolute atomic E-state index is 0.0826. The number of halogens is 1. The minimum atomic E-state index is -0.0826. The third kappa shape index (κ3) is 6.34. The van der Waals surface area contributed by atoms with Crippen molar-refractivity contribution in [2.24, 2.45) is 0 Å². The maximum absolute atomic E-state index is 11.7. The Morgan fingerprint density at radius 1 is 1.07 bits per heavy atom. The topological polar surface area (TPSA) is 95.9 Å². The van der Waals surface area contributed by atoms with E-state index >= 15 is 0 Å². The molecule has 0 N–H and O–H groups in total. The summed E-state index contributed by atoms with van der Waals surface area (Å²) in [5.41, 5.74) is 0.499. The molecular weight excluding hydrogens is 444 g/mol. The van der Waals surface area contributed by atoms with Gasteiger partial charge in [-0.25, -0.2) is 0 Å². The Labute approximate surface area is 178 Å². The maximum Gasteiger partial charge on any atom is 0.327 e. The van der Waals surface area contributed by atoms with Gasteiger partial charge < -0.3 is 23.8 Å². The van der Waals surface area contributed by atoms with E-state index < -0.39 is 0 Å². The van der Waals surface area contributed by atoms with E-state index in [9.17, 15) is 4.79 Å². The third-order valence-electron chi connectivity index (χ3n) is 3.96. The highest BCUT2D eigenvalue weighted by Gasteiger charge is 2.18. The van der Waals surface area contributed by atoms with Crippen LogP contribution in [0.3, 0.4) is 0 Å². The number of ketones is 1. The maximum atomic E-state index is 11.7. The molecule has 0 aliphatic heterocycles. The van der Waals surface area contributed by atoms with Gasteiger partial charge in [0.25, 0.3) is 0 Å². The number of methoxy groups -OCH3 is 3. The number of aryl methyl sites for hydroxylation is 1. The Hall–Kier alpha value is -2.30. The molecule has 0 bridgehead atoms. The molecule has 0 radical (unpaired) electrons. The zero-order valence-electron chi connectivity index (χ0n) is 17.2. The molecule has 1 heterocycles. The molecule has 0 atom stereocenters. The molecule has 10 heteroatoms. The summed E-state index contributed by atoms with van der Waals surface area (Å²) in [5.74, 6) is 1.63. The third-order valence-corrected chi connectivity index (χ3v) is 4.55. The van der Waals surface area contributed by atoms with Crippen molar-refractivity contribution in [2.45, 2.75) is 13.8 Å². The summed E-state index contributed by atoms with van der Waals surface area (Å²) in [7, 11) is 4.77. The van der Waals surface area contributed by atoms with Gasteiger partial charge in [-0.3, -0.25) is 4.79 Å². The van der Waals surface area contributed by atoms with Crippen LogP contribution in [0.5, 0.6) is 17.5 Å². The Balaban J connectivity index is 2.37. The summed E-state index contributed by atoms with van der Waals surface area (Å²) in [6.07, 6.45) is 0. The lowest BCUT2D eigenvalue weighted by Gasteiger charge is -2.22. The first-order chi connectivity index (χ1) is 13.9. The summed E-state index contributed by atoms with van der Waals surface area (Å²) in [4.78, 5) is 26.7. The van der Waals surface area contributed by atoms with Gasteiger partial charge in [0, 0.05) is 32.9 Å². The molecule has 0 fully saturated rings. The lowest BCUT2D eigenvalue weighted by molar-refractivity contribution is 0.101. The highest BCUT2D eigenvalue weighted by molar-refractivity contribution is 9.10. The van der Waals surface area contributed by atoms with Crippen molar-refractivity contribution in [3.63, 3.8) is 0 Å². The van der Waals surface area contributed by atoms with Gasteiger partial charge in [0.1, 0.15) is 5.82 Å². The molecule has 0 aliphatic rings. The average molecular weight is 469 g/mol. The Bertz CT molecular complexity index is 842. The summed E-state index contributed by atoms with van der Waals surface area (Å²) >= 11 is 3.43. The number of nitrogens with zero attached hydrogens (tertiary/aromatic N) is 4. The van der Waals surface area contributed by atoms with Crippen molar-refractivity contribution in [3.8, 4) is 17.5 Å². The Morgan fingerprint density at radius 2 is 1.72 bits per heavy atom. The lowest BCUT2D eigenvalue weighted by Crippen LogP contribution is -2.32. The summed E-state index contributed by atoms with van der Waals surface area (Å²) in [6, 6.07) is 3.39. The second kappa shape index (κ2) is 11.0. The van der Waals surface area contributed by atoms with Gasteiger partial charge in [-0.05, 0) is 41.9 Å². The lowest BCUT2D eigenvalue weighted by atomic mass is 10.1. The standard InChI is InChI=1S/C19H25BrN4O5/c1-12(25)14-10-15(20)17(16(11-14)28-5)29-19-22-13(2)21-18(23-19)24(6-8-26-3)7-9-27-4/h10-11H,6-9H2,1-5H3. The van der Waals surface area contributed by atoms with Crippen LogP contribution in [0.25, 0.3) is 0 Å². The van der Waals surface area contributed by atoms with Crippen molar-refractivity contribution in [3.05, 3.63) is 28.0 Å². The van der Waals surface area contributed by atoms with E-state index in [-0.39, 0.29) is 11.8 Å². The summed E-state index contributed by atoms with van der Waals surface area (Å²) in [5, 5.41) is 0. The number of hydrogen-bond acceptors (Lipinski definition) is 9. The number of ether oxygens (including phenoxy) is 4. The van der Waals surface area contributed by atoms with E-state index in [0.29, 0.717) is 59.6 Å². The molecule has 0 saturated heterocycles. The van der Waals surface area contributed by atoms with Crippen LogP contribution < -0.4 is 14.4 Å². The molecule has 29 heavy (non-hydrogen) atoms. The molecule has 0 amide bonds. The first-order valence-electron chi connectivity index (χ1n) is 8.91. The van der Waals surface area contributed by atoms with Crippen molar-refractivity contribution in [1.29, 1.82) is 0 Å². The number of benzene rings is 1. The van der Waals surface area contributed by atoms with Crippen LogP contribution in [0.1, 0.15) is 23.1 Å². The van der Waals surface area contributed by atoms with Gasteiger partial charge in [0.05, 0.1) is 24.8 Å². The fourth-order valence-corrected chi connectivity index (χ4v) is 2.98. The predicted octanol–water partition coefficient (Wildman–Crippen LogP) is 3.05. The second-order valence-corrected chi connectivity index (χ2v) is 6.94. The zero-order valence-corrected chi connectivity index (χ0v) is 18.8. The Morgan fingerprint density at radius 3 is 2.28 bits per heavy atom. The quantitative estimate of drug-likeness (QED) is 0.460. The molecule has 158 valence electrons. The van der Waals surface area contributed by atoms with Crippen LogP contribution in [-0.2, 0) is 9.47 Å². The molecule has 1 aromatic heterocycles. The average Bonchev–Trinajstić information content (AvgIpc) is 2.68. The molecule has 0 unspecified atom stereocenters. The number of anilines is 1. The van der Waals surface area contributed by atoms with Gasteiger partial charge in [-0.15, -0.1) is 0 Å². The van der Waals surface area contributed by atoms with E-state index in [4.69, 9.17) is 18.9 Å². The number of carbonyl (C=O) groups is 1. The number of rotatable bonds is 11. The second-order valence-electron chi connectivity index (χ2n) is 6.09. The monoisotopic (exact) mass is 468 g/mol. The largest absolute Gasteiger partial charge is 0.493 e. The van der Waals surface area contributed by atoms with E-state index in [0.717, 1.165) is 0 Å². The number of hydrogen-bond donors (Lipinski definition) is 0. The van der Waals surface area contributed by atoms with Crippen molar-refractivity contribution in [2.75, 3.05) is 52.5 Å². The van der Waals surface area contributed by atoms with Gasteiger partial charge >= 0.3 is 6.01 Å². The summed E-state index contributed by atoms with van der Waals surface area (Å²) in [6.45, 7) is 5.44. The van der Waals surface area contributed by atoms with E-state index in [1.807, 2.05) is 4.90 Å². The SMILES string of the molecule is COCCN(CCOC)c1nc(C)nc(Oc2c(Br)cc(C(C)=O)cc2OC)n1. The molecule has 0 spiro atoms. The molecule has 1 aromatic carbocycles. The van der Waals surface area contributed by atoms with E-state index in [1.54, 1.807) is 33.3 Å². The number of Topliss-reactive ketones (excluding diaryl/α,β-unsaturated/α-hetero) is 1. The van der Waals surface area contributed by atoms with Crippen LogP contribution in [0.2, 0.25) is 0 Å². The highest BCUT2D eigenvalue weighted by Crippen LogP contribution is 2.39. The number of carbonyl (C=O) groups excluding carboxylic acids is 1. The van der Waals surface area contributed by atoms with Crippen LogP contribution in [0.4, 0.5) is 5.95 Å².